The first kappa shape index (κ1) is 14.0. The maximum Gasteiger partial charge on any atom is 0.255 e. The number of aromatic nitrogens is 1. The van der Waals surface area contributed by atoms with E-state index >= 15 is 0 Å². The molecule has 1 aromatic heterocycles. The topological polar surface area (TPSA) is 71.1 Å². The zero-order valence-electron chi connectivity index (χ0n) is 10.7. The molecular weight excluding hydrogens is 278 g/mol. The third-order valence-corrected chi connectivity index (χ3v) is 2.79. The minimum atomic E-state index is -0.304. The van der Waals surface area contributed by atoms with E-state index in [2.05, 4.69) is 15.6 Å². The van der Waals surface area contributed by atoms with E-state index in [0.717, 1.165) is 0 Å². The number of halogens is 1. The van der Waals surface area contributed by atoms with E-state index in [4.69, 9.17) is 11.6 Å². The summed E-state index contributed by atoms with van der Waals surface area (Å²) in [6.07, 6.45) is 3.16. The Hall–Kier alpha value is -2.40. The van der Waals surface area contributed by atoms with Gasteiger partial charge in [-0.3, -0.25) is 14.6 Å². The Kier molecular flexibility index (Phi) is 4.32. The van der Waals surface area contributed by atoms with Gasteiger partial charge in [-0.05, 0) is 30.3 Å². The number of carbonyl (C=O) groups excluding carboxylic acids is 2. The molecule has 0 saturated carbocycles. The molecule has 0 atom stereocenters. The Morgan fingerprint density at radius 1 is 1.20 bits per heavy atom. The fourth-order valence-electron chi connectivity index (χ4n) is 1.59. The SMILES string of the molecule is CC(=O)Nc1cc(C(=O)Nc2cccnc2)ccc1Cl. The van der Waals surface area contributed by atoms with Crippen molar-refractivity contribution in [2.45, 2.75) is 6.92 Å². The Labute approximate surface area is 121 Å². The van der Waals surface area contributed by atoms with Crippen LogP contribution in [0.1, 0.15) is 17.3 Å². The van der Waals surface area contributed by atoms with Crippen LogP contribution in [0.15, 0.2) is 42.7 Å². The van der Waals surface area contributed by atoms with Crippen molar-refractivity contribution in [3.63, 3.8) is 0 Å². The number of hydrogen-bond acceptors (Lipinski definition) is 3. The van der Waals surface area contributed by atoms with Gasteiger partial charge in [0.25, 0.3) is 5.91 Å². The van der Waals surface area contributed by atoms with Crippen molar-refractivity contribution >= 4 is 34.8 Å². The van der Waals surface area contributed by atoms with E-state index in [1.165, 1.54) is 13.0 Å². The van der Waals surface area contributed by atoms with E-state index in [9.17, 15) is 9.59 Å². The summed E-state index contributed by atoms with van der Waals surface area (Å²) in [5.74, 6) is -0.557. The molecule has 0 aliphatic heterocycles. The van der Waals surface area contributed by atoms with Gasteiger partial charge in [-0.15, -0.1) is 0 Å². The van der Waals surface area contributed by atoms with Gasteiger partial charge >= 0.3 is 0 Å². The standard InChI is InChI=1S/C14H12ClN3O2/c1-9(19)17-13-7-10(4-5-12(13)15)14(20)18-11-3-2-6-16-8-11/h2-8H,1H3,(H,17,19)(H,18,20). The van der Waals surface area contributed by atoms with Gasteiger partial charge in [0.2, 0.25) is 5.91 Å². The van der Waals surface area contributed by atoms with E-state index in [-0.39, 0.29) is 11.8 Å². The molecule has 0 fully saturated rings. The lowest BCUT2D eigenvalue weighted by molar-refractivity contribution is -0.114. The van der Waals surface area contributed by atoms with Gasteiger partial charge in [-0.25, -0.2) is 0 Å². The van der Waals surface area contributed by atoms with Crippen molar-refractivity contribution in [2.75, 3.05) is 10.6 Å². The normalized spacial score (nSPS) is 9.90. The van der Waals surface area contributed by atoms with E-state index in [1.807, 2.05) is 0 Å². The fourth-order valence-corrected chi connectivity index (χ4v) is 1.76. The van der Waals surface area contributed by atoms with Crippen LogP contribution in [0.25, 0.3) is 0 Å². The second-order valence-corrected chi connectivity index (χ2v) is 4.48. The lowest BCUT2D eigenvalue weighted by atomic mass is 10.2. The molecule has 0 aliphatic carbocycles. The molecule has 5 nitrogen and oxygen atoms in total. The molecule has 0 spiro atoms. The van der Waals surface area contributed by atoms with Gasteiger partial charge in [0.05, 0.1) is 22.6 Å². The molecule has 0 aliphatic rings. The van der Waals surface area contributed by atoms with Crippen LogP contribution in [0.4, 0.5) is 11.4 Å². The van der Waals surface area contributed by atoms with Gasteiger partial charge < -0.3 is 10.6 Å². The number of carbonyl (C=O) groups is 2. The highest BCUT2D eigenvalue weighted by Crippen LogP contribution is 2.23. The summed E-state index contributed by atoms with van der Waals surface area (Å²) in [5, 5.41) is 5.64. The molecule has 2 aromatic rings. The van der Waals surface area contributed by atoms with Crippen molar-refractivity contribution in [1.82, 2.24) is 4.98 Å². The number of rotatable bonds is 3. The highest BCUT2D eigenvalue weighted by Gasteiger charge is 2.10. The molecule has 0 unspecified atom stereocenters. The lowest BCUT2D eigenvalue weighted by Gasteiger charge is -2.08. The molecule has 0 radical (unpaired) electrons. The number of hydrogen-bond donors (Lipinski definition) is 2. The summed E-state index contributed by atoms with van der Waals surface area (Å²) in [6.45, 7) is 1.37. The second kappa shape index (κ2) is 6.16. The van der Waals surface area contributed by atoms with Gasteiger partial charge in [0.1, 0.15) is 0 Å². The first-order chi connectivity index (χ1) is 9.56. The van der Waals surface area contributed by atoms with Gasteiger partial charge in [-0.2, -0.15) is 0 Å². The van der Waals surface area contributed by atoms with Crippen LogP contribution in [0.3, 0.4) is 0 Å². The summed E-state index contributed by atoms with van der Waals surface area (Å²) in [7, 11) is 0. The van der Waals surface area contributed by atoms with Crippen LogP contribution in [-0.2, 0) is 4.79 Å². The Morgan fingerprint density at radius 3 is 2.65 bits per heavy atom. The van der Waals surface area contributed by atoms with Crippen LogP contribution in [0, 0.1) is 0 Å². The first-order valence-electron chi connectivity index (χ1n) is 5.85. The molecule has 2 amide bonds. The second-order valence-electron chi connectivity index (χ2n) is 4.07. The van der Waals surface area contributed by atoms with E-state index < -0.39 is 0 Å². The highest BCUT2D eigenvalue weighted by molar-refractivity contribution is 6.34. The van der Waals surface area contributed by atoms with Gasteiger partial charge in [0.15, 0.2) is 0 Å². The van der Waals surface area contributed by atoms with E-state index in [0.29, 0.717) is 22.0 Å². The zero-order valence-corrected chi connectivity index (χ0v) is 11.4. The Bertz CT molecular complexity index is 644. The smallest absolute Gasteiger partial charge is 0.255 e. The maximum absolute atomic E-state index is 12.1. The number of pyridine rings is 1. The van der Waals surface area contributed by atoms with Crippen molar-refractivity contribution in [3.05, 3.63) is 53.3 Å². The number of amides is 2. The molecule has 1 aromatic carbocycles. The summed E-state index contributed by atoms with van der Waals surface area (Å²) in [4.78, 5) is 27.0. The minimum absolute atomic E-state index is 0.253. The highest BCUT2D eigenvalue weighted by atomic mass is 35.5. The van der Waals surface area contributed by atoms with Gasteiger partial charge in [0, 0.05) is 18.7 Å². The molecule has 6 heteroatoms. The van der Waals surface area contributed by atoms with Crippen molar-refractivity contribution in [3.8, 4) is 0 Å². The number of anilines is 2. The largest absolute Gasteiger partial charge is 0.325 e. The predicted molar refractivity (Wildman–Crippen MR) is 77.9 cm³/mol. The van der Waals surface area contributed by atoms with Crippen LogP contribution in [0.2, 0.25) is 5.02 Å². The van der Waals surface area contributed by atoms with Crippen LogP contribution >= 0.6 is 11.6 Å². The lowest BCUT2D eigenvalue weighted by Crippen LogP contribution is -2.13. The average molecular weight is 290 g/mol. The number of nitrogens with zero attached hydrogens (tertiary/aromatic N) is 1. The van der Waals surface area contributed by atoms with Crippen LogP contribution in [-0.4, -0.2) is 16.8 Å². The monoisotopic (exact) mass is 289 g/mol. The predicted octanol–water partition coefficient (Wildman–Crippen LogP) is 2.95. The third-order valence-electron chi connectivity index (χ3n) is 2.46. The molecule has 20 heavy (non-hydrogen) atoms. The number of nitrogens with one attached hydrogen (secondary N) is 2. The van der Waals surface area contributed by atoms with Crippen molar-refractivity contribution in [1.29, 1.82) is 0 Å². The first-order valence-corrected chi connectivity index (χ1v) is 6.22. The quantitative estimate of drug-likeness (QED) is 0.912. The molecule has 2 N–H and O–H groups in total. The summed E-state index contributed by atoms with van der Waals surface area (Å²) in [6, 6.07) is 8.12. The molecule has 0 saturated heterocycles. The zero-order chi connectivity index (χ0) is 14.5. The van der Waals surface area contributed by atoms with Crippen molar-refractivity contribution in [2.24, 2.45) is 0 Å². The average Bonchev–Trinajstić information content (AvgIpc) is 2.42. The van der Waals surface area contributed by atoms with Crippen molar-refractivity contribution < 1.29 is 9.59 Å². The van der Waals surface area contributed by atoms with E-state index in [1.54, 1.807) is 36.7 Å². The van der Waals surface area contributed by atoms with Crippen LogP contribution in [0.5, 0.6) is 0 Å². The molecule has 0 bridgehead atoms. The number of benzene rings is 1. The minimum Gasteiger partial charge on any atom is -0.325 e. The molecule has 1 heterocycles. The summed E-state index contributed by atoms with van der Waals surface area (Å²) in [5.41, 5.74) is 1.38. The Morgan fingerprint density at radius 2 is 2.00 bits per heavy atom. The summed E-state index contributed by atoms with van der Waals surface area (Å²) < 4.78 is 0. The van der Waals surface area contributed by atoms with Gasteiger partial charge in [-0.1, -0.05) is 11.6 Å². The Balaban J connectivity index is 2.20. The molecule has 2 rings (SSSR count). The summed E-state index contributed by atoms with van der Waals surface area (Å²) >= 11 is 5.95. The van der Waals surface area contributed by atoms with Crippen LogP contribution < -0.4 is 10.6 Å². The third kappa shape index (κ3) is 3.55. The molecular formula is C14H12ClN3O2. The molecule has 102 valence electrons. The maximum atomic E-state index is 12.1. The fraction of sp³-hybridized carbons (Fsp3) is 0.0714.